The van der Waals surface area contributed by atoms with E-state index in [0.717, 1.165) is 25.7 Å². The number of carbonyl (C=O) groups is 1. The van der Waals surface area contributed by atoms with Gasteiger partial charge >= 0.3 is 13.6 Å². The molecule has 0 N–H and O–H groups in total. The molecule has 0 aliphatic carbocycles. The van der Waals surface area contributed by atoms with Gasteiger partial charge in [0.25, 0.3) is 0 Å². The van der Waals surface area contributed by atoms with Crippen molar-refractivity contribution in [1.82, 2.24) is 0 Å². The maximum Gasteiger partial charge on any atom is 0.344 e. The molecule has 0 saturated carbocycles. The molecule has 0 radical (unpaired) electrons. The molecule has 186 valence electrons. The van der Waals surface area contributed by atoms with E-state index < -0.39 is 24.8 Å². The lowest BCUT2D eigenvalue weighted by molar-refractivity contribution is -0.154. The van der Waals surface area contributed by atoms with Gasteiger partial charge in [0.15, 0.2) is 5.66 Å². The minimum absolute atomic E-state index is 0.213. The highest BCUT2D eigenvalue weighted by Gasteiger charge is 2.42. The van der Waals surface area contributed by atoms with Crippen LogP contribution in [-0.4, -0.2) is 30.4 Å². The Hall–Kier alpha value is -1.16. The summed E-state index contributed by atoms with van der Waals surface area (Å²) < 4.78 is 29.8. The van der Waals surface area contributed by atoms with Crippen molar-refractivity contribution in [2.45, 2.75) is 112 Å². The predicted octanol–water partition coefficient (Wildman–Crippen LogP) is 8.16. The molecule has 0 aromatic rings. The van der Waals surface area contributed by atoms with Gasteiger partial charge in [-0.15, -0.1) is 0 Å². The minimum atomic E-state index is -3.60. The molecule has 0 saturated heterocycles. The van der Waals surface area contributed by atoms with Crippen LogP contribution in [-0.2, 0) is 23.1 Å². The number of allylic oxidation sites excluding steroid dienone is 6. The molecule has 0 rings (SSSR count). The monoisotopic (exact) mass is 470 g/mol. The highest BCUT2D eigenvalue weighted by Crippen LogP contribution is 2.55. The van der Waals surface area contributed by atoms with Crippen molar-refractivity contribution in [1.29, 1.82) is 0 Å². The Morgan fingerprint density at radius 2 is 1.31 bits per heavy atom. The van der Waals surface area contributed by atoms with Gasteiger partial charge in [-0.05, 0) is 101 Å². The number of rotatable bonds is 15. The fourth-order valence-electron chi connectivity index (χ4n) is 3.18. The third kappa shape index (κ3) is 14.1. The summed E-state index contributed by atoms with van der Waals surface area (Å²) in [6.45, 7) is 17.9. The first-order valence-corrected chi connectivity index (χ1v) is 13.5. The largest absolute Gasteiger partial charge is 0.459 e. The maximum atomic E-state index is 13.3. The van der Waals surface area contributed by atoms with Gasteiger partial charge in [0.2, 0.25) is 0 Å². The van der Waals surface area contributed by atoms with Crippen molar-refractivity contribution in [2.24, 2.45) is 0 Å². The standard InChI is InChI=1S/C26H47O5P/c1-10-29-32(28,30-11-2)24(25(27)31-26(7,8)9)20-14-19-23(6)18-13-17-22(5)16-12-15-21(3)4/h15,17,19,24H,10-14,16,18,20H2,1-9H3. The highest BCUT2D eigenvalue weighted by atomic mass is 31.2. The van der Waals surface area contributed by atoms with Crippen LogP contribution in [0.25, 0.3) is 0 Å². The van der Waals surface area contributed by atoms with Crippen molar-refractivity contribution >= 4 is 13.6 Å². The molecule has 0 fully saturated rings. The van der Waals surface area contributed by atoms with Gasteiger partial charge < -0.3 is 13.8 Å². The highest BCUT2D eigenvalue weighted by molar-refractivity contribution is 7.55. The summed E-state index contributed by atoms with van der Waals surface area (Å²) >= 11 is 0. The van der Waals surface area contributed by atoms with Crippen molar-refractivity contribution < 1.29 is 23.1 Å². The summed E-state index contributed by atoms with van der Waals surface area (Å²) in [5.41, 5.74) is 2.43. The lowest BCUT2D eigenvalue weighted by Crippen LogP contribution is -2.33. The quantitative estimate of drug-likeness (QED) is 0.137. The second-order valence-electron chi connectivity index (χ2n) is 9.46. The molecular formula is C26H47O5P. The van der Waals surface area contributed by atoms with Gasteiger partial charge in [-0.1, -0.05) is 34.9 Å². The molecule has 0 aromatic carbocycles. The summed E-state index contributed by atoms with van der Waals surface area (Å²) in [6, 6.07) is 0. The van der Waals surface area contributed by atoms with Crippen LogP contribution in [0.2, 0.25) is 0 Å². The molecule has 0 heterocycles. The molecule has 6 heteroatoms. The van der Waals surface area contributed by atoms with Crippen molar-refractivity contribution in [2.75, 3.05) is 13.2 Å². The van der Waals surface area contributed by atoms with Gasteiger partial charge in [-0.25, -0.2) is 0 Å². The zero-order chi connectivity index (χ0) is 24.8. The molecule has 0 aliphatic rings. The summed E-state index contributed by atoms with van der Waals surface area (Å²) in [5.74, 6) is -0.524. The Morgan fingerprint density at radius 1 is 0.844 bits per heavy atom. The third-order valence-corrected chi connectivity index (χ3v) is 7.20. The molecule has 32 heavy (non-hydrogen) atoms. The Morgan fingerprint density at radius 3 is 1.75 bits per heavy atom. The second kappa shape index (κ2) is 15.6. The Labute approximate surface area is 197 Å². The lowest BCUT2D eigenvalue weighted by atomic mass is 10.1. The zero-order valence-electron chi connectivity index (χ0n) is 22.0. The second-order valence-corrected chi connectivity index (χ2v) is 11.7. The number of hydrogen-bond acceptors (Lipinski definition) is 5. The molecule has 0 spiro atoms. The van der Waals surface area contributed by atoms with Gasteiger partial charge in [0.1, 0.15) is 5.60 Å². The number of hydrogen-bond donors (Lipinski definition) is 0. The SMILES string of the molecule is CCOP(=O)(OCC)C(CCC=C(C)CCC=C(C)CCC=C(C)C)C(=O)OC(C)(C)C. The van der Waals surface area contributed by atoms with E-state index in [1.54, 1.807) is 34.6 Å². The summed E-state index contributed by atoms with van der Waals surface area (Å²) in [7, 11) is -3.60. The number of esters is 1. The lowest BCUT2D eigenvalue weighted by Gasteiger charge is -2.28. The van der Waals surface area contributed by atoms with Crippen LogP contribution in [0.5, 0.6) is 0 Å². The Balaban J connectivity index is 5.04. The van der Waals surface area contributed by atoms with E-state index in [2.05, 4.69) is 45.9 Å². The summed E-state index contributed by atoms with van der Waals surface area (Å²) in [4.78, 5) is 12.8. The first-order valence-electron chi connectivity index (χ1n) is 11.9. The van der Waals surface area contributed by atoms with E-state index in [9.17, 15) is 9.36 Å². The maximum absolute atomic E-state index is 13.3. The average molecular weight is 471 g/mol. The van der Waals surface area contributed by atoms with Gasteiger partial charge in [0.05, 0.1) is 13.2 Å². The van der Waals surface area contributed by atoms with E-state index in [-0.39, 0.29) is 13.2 Å². The van der Waals surface area contributed by atoms with Crippen LogP contribution in [0.4, 0.5) is 0 Å². The van der Waals surface area contributed by atoms with Gasteiger partial charge in [-0.3, -0.25) is 9.36 Å². The molecule has 0 aliphatic heterocycles. The van der Waals surface area contributed by atoms with Crippen molar-refractivity contribution in [3.63, 3.8) is 0 Å². The van der Waals surface area contributed by atoms with Gasteiger partial charge in [-0.2, -0.15) is 0 Å². The van der Waals surface area contributed by atoms with Crippen LogP contribution in [0.1, 0.15) is 101 Å². The van der Waals surface area contributed by atoms with E-state index in [1.165, 1.54) is 16.7 Å². The minimum Gasteiger partial charge on any atom is -0.459 e. The zero-order valence-corrected chi connectivity index (χ0v) is 22.8. The van der Waals surface area contributed by atoms with E-state index >= 15 is 0 Å². The van der Waals surface area contributed by atoms with E-state index in [1.807, 2.05) is 0 Å². The molecule has 0 bridgehead atoms. The van der Waals surface area contributed by atoms with Crippen molar-refractivity contribution in [3.8, 4) is 0 Å². The fourth-order valence-corrected chi connectivity index (χ4v) is 5.11. The van der Waals surface area contributed by atoms with Crippen LogP contribution in [0.15, 0.2) is 34.9 Å². The fraction of sp³-hybridized carbons (Fsp3) is 0.731. The van der Waals surface area contributed by atoms with Crippen LogP contribution in [0.3, 0.4) is 0 Å². The normalized spacial score (nSPS) is 14.3. The molecular weight excluding hydrogens is 423 g/mol. The average Bonchev–Trinajstić information content (AvgIpc) is 2.63. The number of carbonyl (C=O) groups excluding carboxylic acids is 1. The molecule has 1 unspecified atom stereocenters. The van der Waals surface area contributed by atoms with Crippen LogP contribution >= 0.6 is 7.60 Å². The molecule has 5 nitrogen and oxygen atoms in total. The first kappa shape index (κ1) is 30.8. The predicted molar refractivity (Wildman–Crippen MR) is 135 cm³/mol. The molecule has 1 atom stereocenters. The first-order chi connectivity index (χ1) is 14.8. The van der Waals surface area contributed by atoms with Crippen LogP contribution in [0, 0.1) is 0 Å². The van der Waals surface area contributed by atoms with Crippen LogP contribution < -0.4 is 0 Å². The smallest absolute Gasteiger partial charge is 0.344 e. The molecule has 0 aromatic heterocycles. The summed E-state index contributed by atoms with van der Waals surface area (Å²) in [6.07, 6.45) is 11.8. The Bertz CT molecular complexity index is 683. The number of ether oxygens (including phenoxy) is 1. The Kier molecular flexibility index (Phi) is 15.1. The summed E-state index contributed by atoms with van der Waals surface area (Å²) in [5, 5.41) is 0. The van der Waals surface area contributed by atoms with Crippen molar-refractivity contribution in [3.05, 3.63) is 34.9 Å². The topological polar surface area (TPSA) is 61.8 Å². The third-order valence-electron chi connectivity index (χ3n) is 4.73. The van der Waals surface area contributed by atoms with E-state index in [4.69, 9.17) is 13.8 Å². The molecule has 0 amide bonds. The van der Waals surface area contributed by atoms with Gasteiger partial charge in [0, 0.05) is 0 Å². The van der Waals surface area contributed by atoms with E-state index in [0.29, 0.717) is 12.8 Å².